The van der Waals surface area contributed by atoms with Gasteiger partial charge in [0.15, 0.2) is 6.54 Å². The number of anilines is 1. The van der Waals surface area contributed by atoms with Crippen LogP contribution in [-0.4, -0.2) is 38.7 Å². The molecule has 0 spiro atoms. The molecule has 1 amide bonds. The number of nitrogens with one attached hydrogen (secondary N) is 2. The number of carbonyl (C=O) groups is 1. The molecule has 0 aliphatic carbocycles. The van der Waals surface area contributed by atoms with Crippen molar-refractivity contribution in [3.8, 4) is 22.1 Å². The van der Waals surface area contributed by atoms with Crippen LogP contribution in [-0.2, 0) is 11.3 Å². The third-order valence-electron chi connectivity index (χ3n) is 4.21. The predicted octanol–water partition coefficient (Wildman–Crippen LogP) is 2.48. The molecule has 0 saturated carbocycles. The van der Waals surface area contributed by atoms with Crippen molar-refractivity contribution in [2.45, 2.75) is 6.54 Å². The number of amides is 1. The highest BCUT2D eigenvalue weighted by Crippen LogP contribution is 2.25. The number of hydrogen-bond donors (Lipinski definition) is 2. The summed E-state index contributed by atoms with van der Waals surface area (Å²) in [6.07, 6.45) is 0. The lowest BCUT2D eigenvalue weighted by atomic mass is 10.2. The summed E-state index contributed by atoms with van der Waals surface area (Å²) in [5.74, 6) is 1.55. The average Bonchev–Trinajstić information content (AvgIpc) is 3.16. The summed E-state index contributed by atoms with van der Waals surface area (Å²) in [6, 6.07) is 15.2. The molecule has 1 atom stereocenters. The number of nitrogens with zero attached hydrogens (tertiary/aromatic N) is 1. The first-order valence-electron chi connectivity index (χ1n) is 8.91. The first-order chi connectivity index (χ1) is 13.6. The van der Waals surface area contributed by atoms with E-state index in [1.807, 2.05) is 61.0 Å². The molecule has 1 unspecified atom stereocenters. The monoisotopic (exact) mass is 398 g/mol. The van der Waals surface area contributed by atoms with Crippen molar-refractivity contribution in [1.82, 2.24) is 4.98 Å². The van der Waals surface area contributed by atoms with E-state index in [2.05, 4.69) is 5.32 Å². The number of methoxy groups -OCH3 is 2. The van der Waals surface area contributed by atoms with E-state index in [0.29, 0.717) is 13.1 Å². The topological polar surface area (TPSA) is 64.9 Å². The Kier molecular flexibility index (Phi) is 6.62. The molecule has 0 saturated heterocycles. The molecule has 1 heterocycles. The first kappa shape index (κ1) is 19.9. The number of likely N-dealkylation sites (N-methyl/N-ethyl adjacent to an activating group) is 1. The van der Waals surface area contributed by atoms with Crippen LogP contribution in [0.2, 0.25) is 0 Å². The van der Waals surface area contributed by atoms with E-state index in [4.69, 9.17) is 14.5 Å². The van der Waals surface area contributed by atoms with Gasteiger partial charge in [-0.2, -0.15) is 0 Å². The summed E-state index contributed by atoms with van der Waals surface area (Å²) in [5, 5.41) is 5.92. The molecule has 7 heteroatoms. The van der Waals surface area contributed by atoms with Gasteiger partial charge in [0.05, 0.1) is 21.3 Å². The quantitative estimate of drug-likeness (QED) is 0.612. The number of quaternary nitrogens is 1. The number of hydrogen-bond acceptors (Lipinski definition) is 5. The Bertz CT molecular complexity index is 907. The second-order valence-corrected chi connectivity index (χ2v) is 7.32. The van der Waals surface area contributed by atoms with Crippen LogP contribution in [0, 0.1) is 0 Å². The highest BCUT2D eigenvalue weighted by molar-refractivity contribution is 7.13. The molecule has 0 radical (unpaired) electrons. The van der Waals surface area contributed by atoms with Crippen LogP contribution in [0.15, 0.2) is 53.9 Å². The maximum absolute atomic E-state index is 12.3. The van der Waals surface area contributed by atoms with E-state index >= 15 is 0 Å². The van der Waals surface area contributed by atoms with Crippen LogP contribution < -0.4 is 19.7 Å². The minimum absolute atomic E-state index is 0.0340. The molecule has 146 valence electrons. The van der Waals surface area contributed by atoms with Gasteiger partial charge >= 0.3 is 0 Å². The lowest BCUT2D eigenvalue weighted by molar-refractivity contribution is -0.885. The summed E-state index contributed by atoms with van der Waals surface area (Å²) in [6.45, 7) is 1.05. The molecule has 3 aromatic rings. The number of rotatable bonds is 8. The van der Waals surface area contributed by atoms with Crippen LogP contribution in [0.25, 0.3) is 10.6 Å². The molecule has 0 bridgehead atoms. The highest BCUT2D eigenvalue weighted by Gasteiger charge is 2.13. The van der Waals surface area contributed by atoms with E-state index < -0.39 is 0 Å². The van der Waals surface area contributed by atoms with Crippen molar-refractivity contribution in [3.63, 3.8) is 0 Å². The first-order valence-corrected chi connectivity index (χ1v) is 9.79. The highest BCUT2D eigenvalue weighted by atomic mass is 32.1. The third kappa shape index (κ3) is 5.31. The van der Waals surface area contributed by atoms with Gasteiger partial charge in [-0.05, 0) is 48.5 Å². The van der Waals surface area contributed by atoms with Crippen molar-refractivity contribution in [1.29, 1.82) is 0 Å². The fraction of sp³-hybridized carbons (Fsp3) is 0.238. The smallest absolute Gasteiger partial charge is 0.279 e. The SMILES string of the molecule is COc1ccc(NC(=O)C[NH+](C)Cc2csc(-c3ccc(OC)cc3)n2)cc1. The molecule has 0 fully saturated rings. The molecule has 1 aromatic heterocycles. The van der Waals surface area contributed by atoms with Crippen LogP contribution in [0.5, 0.6) is 11.5 Å². The van der Waals surface area contributed by atoms with Gasteiger partial charge < -0.3 is 19.7 Å². The molecular formula is C21H24N3O3S+. The summed E-state index contributed by atoms with van der Waals surface area (Å²) in [4.78, 5) is 18.0. The molecule has 0 aliphatic rings. The Labute approximate surface area is 168 Å². The van der Waals surface area contributed by atoms with E-state index in [1.54, 1.807) is 25.6 Å². The molecule has 6 nitrogen and oxygen atoms in total. The zero-order valence-corrected chi connectivity index (χ0v) is 17.0. The fourth-order valence-corrected chi connectivity index (χ4v) is 3.61. The number of thiazole rings is 1. The zero-order valence-electron chi connectivity index (χ0n) is 16.2. The van der Waals surface area contributed by atoms with Gasteiger partial charge in [0, 0.05) is 16.6 Å². The molecule has 28 heavy (non-hydrogen) atoms. The van der Waals surface area contributed by atoms with Crippen LogP contribution >= 0.6 is 11.3 Å². The lowest BCUT2D eigenvalue weighted by Gasteiger charge is -2.12. The van der Waals surface area contributed by atoms with Gasteiger partial charge in [0.25, 0.3) is 5.91 Å². The standard InChI is InChI=1S/C21H23N3O3S/c1-24(13-20(25)22-16-6-10-19(27-3)11-7-16)12-17-14-28-21(23-17)15-4-8-18(26-2)9-5-15/h4-11,14H,12-13H2,1-3H3,(H,22,25)/p+1. The van der Waals surface area contributed by atoms with Crippen LogP contribution in [0.1, 0.15) is 5.69 Å². The minimum Gasteiger partial charge on any atom is -0.497 e. The number of ether oxygens (including phenoxy) is 2. The Morgan fingerprint density at radius 3 is 2.25 bits per heavy atom. The van der Waals surface area contributed by atoms with Crippen molar-refractivity contribution in [3.05, 3.63) is 59.6 Å². The van der Waals surface area contributed by atoms with E-state index in [1.165, 1.54) is 0 Å². The molecule has 0 aliphatic heterocycles. The maximum Gasteiger partial charge on any atom is 0.279 e. The Morgan fingerprint density at radius 1 is 1.04 bits per heavy atom. The van der Waals surface area contributed by atoms with E-state index in [0.717, 1.165) is 38.4 Å². The second kappa shape index (κ2) is 9.34. The zero-order chi connectivity index (χ0) is 19.9. The minimum atomic E-state index is -0.0340. The number of benzene rings is 2. The maximum atomic E-state index is 12.3. The number of aromatic nitrogens is 1. The van der Waals surface area contributed by atoms with Crippen molar-refractivity contribution >= 4 is 22.9 Å². The number of carbonyl (C=O) groups excluding carboxylic acids is 1. The summed E-state index contributed by atoms with van der Waals surface area (Å²) >= 11 is 1.61. The van der Waals surface area contributed by atoms with Gasteiger partial charge in [0.2, 0.25) is 0 Å². The lowest BCUT2D eigenvalue weighted by Crippen LogP contribution is -3.08. The summed E-state index contributed by atoms with van der Waals surface area (Å²) < 4.78 is 10.3. The second-order valence-electron chi connectivity index (χ2n) is 6.46. The van der Waals surface area contributed by atoms with E-state index in [9.17, 15) is 4.79 Å². The van der Waals surface area contributed by atoms with Crippen LogP contribution in [0.3, 0.4) is 0 Å². The van der Waals surface area contributed by atoms with Crippen molar-refractivity contribution < 1.29 is 19.2 Å². The van der Waals surface area contributed by atoms with Gasteiger partial charge in [-0.15, -0.1) is 11.3 Å². The fourth-order valence-electron chi connectivity index (χ4n) is 2.78. The third-order valence-corrected chi connectivity index (χ3v) is 5.15. The molecule has 2 N–H and O–H groups in total. The van der Waals surface area contributed by atoms with Gasteiger partial charge in [0.1, 0.15) is 28.7 Å². The largest absolute Gasteiger partial charge is 0.497 e. The van der Waals surface area contributed by atoms with Crippen molar-refractivity contribution in [2.75, 3.05) is 33.1 Å². The predicted molar refractivity (Wildman–Crippen MR) is 111 cm³/mol. The normalized spacial score (nSPS) is 11.7. The van der Waals surface area contributed by atoms with Gasteiger partial charge in [-0.3, -0.25) is 4.79 Å². The molecule has 2 aromatic carbocycles. The van der Waals surface area contributed by atoms with Gasteiger partial charge in [-0.25, -0.2) is 4.98 Å². The van der Waals surface area contributed by atoms with Crippen molar-refractivity contribution in [2.24, 2.45) is 0 Å². The summed E-state index contributed by atoms with van der Waals surface area (Å²) in [7, 11) is 5.25. The molecular weight excluding hydrogens is 374 g/mol. The Hall–Kier alpha value is -2.90. The van der Waals surface area contributed by atoms with Crippen LogP contribution in [0.4, 0.5) is 5.69 Å². The summed E-state index contributed by atoms with van der Waals surface area (Å²) in [5.41, 5.74) is 2.80. The average molecular weight is 399 g/mol. The Morgan fingerprint density at radius 2 is 1.64 bits per heavy atom. The van der Waals surface area contributed by atoms with Gasteiger partial charge in [-0.1, -0.05) is 0 Å². The van der Waals surface area contributed by atoms with E-state index in [-0.39, 0.29) is 5.91 Å². The molecule has 3 rings (SSSR count). The Balaban J connectivity index is 1.53.